The van der Waals surface area contributed by atoms with Gasteiger partial charge in [-0.25, -0.2) is 5.43 Å². The van der Waals surface area contributed by atoms with Gasteiger partial charge in [0.15, 0.2) is 0 Å². The van der Waals surface area contributed by atoms with Crippen LogP contribution in [0.1, 0.15) is 42.4 Å². The molecule has 1 aromatic carbocycles. The van der Waals surface area contributed by atoms with Gasteiger partial charge < -0.3 is 0 Å². The second-order valence-electron chi connectivity index (χ2n) is 6.84. The third-order valence-electron chi connectivity index (χ3n) is 4.14. The molecular weight excluding hydrogens is 338 g/mol. The van der Waals surface area contributed by atoms with E-state index in [1.165, 1.54) is 5.56 Å². The number of carbonyl (C=O) groups is 1. The van der Waals surface area contributed by atoms with Crippen molar-refractivity contribution < 1.29 is 4.79 Å². The average molecular weight is 361 g/mol. The van der Waals surface area contributed by atoms with Gasteiger partial charge in [-0.2, -0.15) is 10.2 Å². The molecule has 6 heteroatoms. The molecule has 2 aromatic heterocycles. The molecule has 2 N–H and O–H groups in total. The smallest absolute Gasteiger partial charge is 0.272 e. The van der Waals surface area contributed by atoms with Gasteiger partial charge in [0, 0.05) is 23.5 Å². The summed E-state index contributed by atoms with van der Waals surface area (Å²) in [5, 5.41) is 11.1. The van der Waals surface area contributed by atoms with Crippen molar-refractivity contribution in [3.8, 4) is 11.3 Å². The second-order valence-corrected chi connectivity index (χ2v) is 6.84. The molecule has 0 unspecified atom stereocenters. The highest BCUT2D eigenvalue weighted by molar-refractivity contribution is 6.00. The molecule has 0 aliphatic heterocycles. The number of amides is 1. The fraction of sp³-hybridized carbons (Fsp3) is 0.238. The summed E-state index contributed by atoms with van der Waals surface area (Å²) in [4.78, 5) is 16.3. The molecule has 0 spiro atoms. The Hall–Kier alpha value is -3.28. The molecule has 0 atom stereocenters. The Balaban J connectivity index is 1.67. The van der Waals surface area contributed by atoms with Gasteiger partial charge in [0.05, 0.1) is 11.4 Å². The number of rotatable bonds is 6. The Morgan fingerprint density at radius 3 is 2.52 bits per heavy atom. The maximum Gasteiger partial charge on any atom is 0.289 e. The maximum absolute atomic E-state index is 12.3. The fourth-order valence-corrected chi connectivity index (χ4v) is 2.72. The van der Waals surface area contributed by atoms with Crippen LogP contribution in [0.5, 0.6) is 0 Å². The van der Waals surface area contributed by atoms with E-state index in [2.05, 4.69) is 51.7 Å². The molecule has 0 bridgehead atoms. The topological polar surface area (TPSA) is 83.0 Å². The van der Waals surface area contributed by atoms with Crippen molar-refractivity contribution in [3.05, 3.63) is 71.7 Å². The number of aromatic nitrogens is 3. The molecule has 27 heavy (non-hydrogen) atoms. The summed E-state index contributed by atoms with van der Waals surface area (Å²) in [5.41, 5.74) is 7.50. The van der Waals surface area contributed by atoms with E-state index in [1.54, 1.807) is 18.5 Å². The summed E-state index contributed by atoms with van der Waals surface area (Å²) in [7, 11) is 0. The molecule has 1 amide bonds. The van der Waals surface area contributed by atoms with Crippen LogP contribution in [0.25, 0.3) is 11.3 Å². The van der Waals surface area contributed by atoms with Crippen molar-refractivity contribution in [1.29, 1.82) is 0 Å². The monoisotopic (exact) mass is 361 g/mol. The number of aromatic amines is 1. The second kappa shape index (κ2) is 8.40. The molecule has 0 saturated heterocycles. The van der Waals surface area contributed by atoms with Crippen molar-refractivity contribution in [2.24, 2.45) is 11.0 Å². The summed E-state index contributed by atoms with van der Waals surface area (Å²) in [6, 6.07) is 13.7. The van der Waals surface area contributed by atoms with Crippen LogP contribution in [0.4, 0.5) is 0 Å². The first kappa shape index (κ1) is 18.5. The molecule has 2 heterocycles. The van der Waals surface area contributed by atoms with Crippen molar-refractivity contribution in [3.63, 3.8) is 0 Å². The third kappa shape index (κ3) is 4.88. The highest BCUT2D eigenvalue weighted by Crippen LogP contribution is 2.19. The van der Waals surface area contributed by atoms with Gasteiger partial charge in [-0.3, -0.25) is 14.9 Å². The van der Waals surface area contributed by atoms with E-state index < -0.39 is 0 Å². The zero-order chi connectivity index (χ0) is 19.2. The highest BCUT2D eigenvalue weighted by atomic mass is 16.2. The number of hydrogen-bond donors (Lipinski definition) is 2. The third-order valence-corrected chi connectivity index (χ3v) is 4.14. The normalized spacial score (nSPS) is 11.6. The Bertz CT molecular complexity index is 927. The number of hydrogen-bond acceptors (Lipinski definition) is 4. The molecule has 0 aliphatic carbocycles. The predicted molar refractivity (Wildman–Crippen MR) is 106 cm³/mol. The van der Waals surface area contributed by atoms with Crippen LogP contribution in [0.2, 0.25) is 0 Å². The van der Waals surface area contributed by atoms with Crippen LogP contribution in [-0.4, -0.2) is 26.8 Å². The number of benzene rings is 1. The van der Waals surface area contributed by atoms with Gasteiger partial charge in [-0.15, -0.1) is 0 Å². The van der Waals surface area contributed by atoms with Gasteiger partial charge >= 0.3 is 0 Å². The molecular formula is C21H23N5O. The van der Waals surface area contributed by atoms with Crippen molar-refractivity contribution in [2.75, 3.05) is 0 Å². The van der Waals surface area contributed by atoms with E-state index in [-0.39, 0.29) is 5.91 Å². The number of carbonyl (C=O) groups excluding carboxylic acids is 1. The van der Waals surface area contributed by atoms with E-state index in [0.29, 0.717) is 17.3 Å². The van der Waals surface area contributed by atoms with E-state index in [9.17, 15) is 4.79 Å². The first-order valence-electron chi connectivity index (χ1n) is 8.92. The average Bonchev–Trinajstić information content (AvgIpc) is 3.17. The molecule has 3 aromatic rings. The zero-order valence-electron chi connectivity index (χ0n) is 15.7. The fourth-order valence-electron chi connectivity index (χ4n) is 2.72. The Morgan fingerprint density at radius 1 is 1.15 bits per heavy atom. The molecule has 0 saturated carbocycles. The van der Waals surface area contributed by atoms with E-state index >= 15 is 0 Å². The lowest BCUT2D eigenvalue weighted by Crippen LogP contribution is -2.19. The summed E-state index contributed by atoms with van der Waals surface area (Å²) in [6.45, 7) is 6.23. The van der Waals surface area contributed by atoms with Crippen molar-refractivity contribution in [2.45, 2.75) is 27.2 Å². The van der Waals surface area contributed by atoms with Crippen LogP contribution in [0.3, 0.4) is 0 Å². The van der Waals surface area contributed by atoms with Crippen molar-refractivity contribution in [1.82, 2.24) is 20.6 Å². The summed E-state index contributed by atoms with van der Waals surface area (Å²) >= 11 is 0. The van der Waals surface area contributed by atoms with Crippen LogP contribution in [0.15, 0.2) is 60.0 Å². The summed E-state index contributed by atoms with van der Waals surface area (Å²) in [6.07, 6.45) is 4.41. The minimum atomic E-state index is -0.335. The number of pyridine rings is 1. The first-order chi connectivity index (χ1) is 13.0. The van der Waals surface area contributed by atoms with Gasteiger partial charge in [0.1, 0.15) is 5.69 Å². The molecule has 6 nitrogen and oxygen atoms in total. The lowest BCUT2D eigenvalue weighted by molar-refractivity contribution is 0.0950. The first-order valence-corrected chi connectivity index (χ1v) is 8.92. The van der Waals surface area contributed by atoms with Gasteiger partial charge in [0.25, 0.3) is 5.91 Å². The number of hydrazone groups is 1. The van der Waals surface area contributed by atoms with Gasteiger partial charge in [-0.1, -0.05) is 38.1 Å². The van der Waals surface area contributed by atoms with Crippen LogP contribution in [-0.2, 0) is 6.42 Å². The zero-order valence-corrected chi connectivity index (χ0v) is 15.7. The Kier molecular flexibility index (Phi) is 5.76. The number of H-pyrrole nitrogens is 1. The van der Waals surface area contributed by atoms with E-state index in [1.807, 2.05) is 31.2 Å². The molecule has 0 fully saturated rings. The van der Waals surface area contributed by atoms with Gasteiger partial charge in [0.2, 0.25) is 0 Å². The minimum absolute atomic E-state index is 0.335. The molecule has 3 rings (SSSR count). The van der Waals surface area contributed by atoms with Crippen LogP contribution >= 0.6 is 0 Å². The van der Waals surface area contributed by atoms with Crippen LogP contribution in [0, 0.1) is 5.92 Å². The number of nitrogens with one attached hydrogen (secondary N) is 2. The molecule has 138 valence electrons. The largest absolute Gasteiger partial charge is 0.289 e. The highest BCUT2D eigenvalue weighted by Gasteiger charge is 2.11. The summed E-state index contributed by atoms with van der Waals surface area (Å²) in [5.74, 6) is 0.284. The van der Waals surface area contributed by atoms with E-state index in [0.717, 1.165) is 23.2 Å². The SMILES string of the molecule is C/C(=N/NC(=O)c1cc(-c2ccc(CC(C)C)cc2)n[nH]1)c1ccncc1. The van der Waals surface area contributed by atoms with E-state index in [4.69, 9.17) is 0 Å². The Labute approximate surface area is 158 Å². The Morgan fingerprint density at radius 2 is 1.85 bits per heavy atom. The van der Waals surface area contributed by atoms with Gasteiger partial charge in [-0.05, 0) is 43.0 Å². The summed E-state index contributed by atoms with van der Waals surface area (Å²) < 4.78 is 0. The quantitative estimate of drug-likeness (QED) is 0.517. The number of nitrogens with zero attached hydrogens (tertiary/aromatic N) is 3. The maximum atomic E-state index is 12.3. The van der Waals surface area contributed by atoms with Crippen molar-refractivity contribution >= 4 is 11.6 Å². The lowest BCUT2D eigenvalue weighted by Gasteiger charge is -2.05. The predicted octanol–water partition coefficient (Wildman–Crippen LogP) is 3.82. The minimum Gasteiger partial charge on any atom is -0.272 e. The van der Waals surface area contributed by atoms with Crippen LogP contribution < -0.4 is 5.43 Å². The standard InChI is InChI=1S/C21H23N5O/c1-14(2)12-16-4-6-18(7-5-16)19-13-20(25-24-19)21(27)26-23-15(3)17-8-10-22-11-9-17/h4-11,13-14H,12H2,1-3H3,(H,24,25)(H,26,27)/b23-15-. The lowest BCUT2D eigenvalue weighted by atomic mass is 10.0. The molecule has 0 radical (unpaired) electrons. The molecule has 0 aliphatic rings.